The van der Waals surface area contributed by atoms with Crippen molar-refractivity contribution >= 4 is 35.1 Å². The third-order valence-corrected chi connectivity index (χ3v) is 5.35. The number of esters is 1. The SMILES string of the molecule is CCOC(=O)c1ccc(CC(=O)NC[C@H]2CN(Cc3ccc(Cl)c(Cl)c3)CCO2)o1. The molecule has 3 rings (SSSR count). The van der Waals surface area contributed by atoms with E-state index in [2.05, 4.69) is 10.2 Å². The summed E-state index contributed by atoms with van der Waals surface area (Å²) in [5.74, 6) is -0.249. The van der Waals surface area contributed by atoms with E-state index in [0.717, 1.165) is 18.7 Å². The van der Waals surface area contributed by atoms with E-state index in [1.165, 1.54) is 6.07 Å². The van der Waals surface area contributed by atoms with Gasteiger partial charge in [0, 0.05) is 26.2 Å². The fourth-order valence-corrected chi connectivity index (χ4v) is 3.50. The summed E-state index contributed by atoms with van der Waals surface area (Å²) in [6.07, 6.45) is -0.0729. The Morgan fingerprint density at radius 2 is 2.07 bits per heavy atom. The number of hydrogen-bond donors (Lipinski definition) is 1. The topological polar surface area (TPSA) is 81.0 Å². The summed E-state index contributed by atoms with van der Waals surface area (Å²) < 4.78 is 16.0. The minimum absolute atomic E-state index is 0.0408. The zero-order chi connectivity index (χ0) is 21.5. The molecule has 1 atom stereocenters. The highest BCUT2D eigenvalue weighted by Gasteiger charge is 2.22. The quantitative estimate of drug-likeness (QED) is 0.616. The molecule has 0 bridgehead atoms. The van der Waals surface area contributed by atoms with Crippen molar-refractivity contribution in [3.05, 3.63) is 57.5 Å². The number of furan rings is 1. The van der Waals surface area contributed by atoms with Gasteiger partial charge in [-0.05, 0) is 36.8 Å². The molecule has 1 aromatic heterocycles. The smallest absolute Gasteiger partial charge is 0.374 e. The normalized spacial score (nSPS) is 17.0. The highest BCUT2D eigenvalue weighted by atomic mass is 35.5. The maximum absolute atomic E-state index is 12.2. The number of nitrogens with zero attached hydrogens (tertiary/aromatic N) is 1. The monoisotopic (exact) mass is 454 g/mol. The molecule has 1 aliphatic heterocycles. The maximum atomic E-state index is 12.2. The number of benzene rings is 1. The number of hydrogen-bond acceptors (Lipinski definition) is 6. The van der Waals surface area contributed by atoms with Gasteiger partial charge in [-0.3, -0.25) is 9.69 Å². The lowest BCUT2D eigenvalue weighted by molar-refractivity contribution is -0.122. The summed E-state index contributed by atoms with van der Waals surface area (Å²) >= 11 is 12.1. The van der Waals surface area contributed by atoms with Gasteiger partial charge in [0.1, 0.15) is 5.76 Å². The first-order valence-corrected chi connectivity index (χ1v) is 10.5. The standard InChI is InChI=1S/C21H24Cl2N2O5/c1-2-28-21(27)19-6-4-15(30-19)10-20(26)24-11-16-13-25(7-8-29-16)12-14-3-5-17(22)18(23)9-14/h3-6,9,16H,2,7-8,10-13H2,1H3,(H,24,26)/t16-/m0/s1. The molecule has 0 radical (unpaired) electrons. The molecule has 0 spiro atoms. The predicted molar refractivity (Wildman–Crippen MR) is 113 cm³/mol. The molecule has 1 fully saturated rings. The Kier molecular flexibility index (Phi) is 8.16. The van der Waals surface area contributed by atoms with E-state index in [1.807, 2.05) is 12.1 Å². The molecular formula is C21H24Cl2N2O5. The number of morpholine rings is 1. The van der Waals surface area contributed by atoms with Crippen LogP contribution in [-0.4, -0.2) is 55.7 Å². The Morgan fingerprint density at radius 3 is 2.83 bits per heavy atom. The van der Waals surface area contributed by atoms with Crippen molar-refractivity contribution < 1.29 is 23.5 Å². The Bertz CT molecular complexity index is 886. The average Bonchev–Trinajstić information content (AvgIpc) is 3.18. The van der Waals surface area contributed by atoms with Gasteiger partial charge < -0.3 is 19.2 Å². The van der Waals surface area contributed by atoms with Crippen molar-refractivity contribution in [1.82, 2.24) is 10.2 Å². The van der Waals surface area contributed by atoms with Crippen LogP contribution in [0.25, 0.3) is 0 Å². The van der Waals surface area contributed by atoms with Crippen LogP contribution in [-0.2, 0) is 27.2 Å². The zero-order valence-electron chi connectivity index (χ0n) is 16.7. The molecule has 0 saturated carbocycles. The molecule has 2 aromatic rings. The molecule has 1 amide bonds. The van der Waals surface area contributed by atoms with Crippen molar-refractivity contribution in [3.63, 3.8) is 0 Å². The molecule has 162 valence electrons. The van der Waals surface area contributed by atoms with Gasteiger partial charge in [-0.2, -0.15) is 0 Å². The van der Waals surface area contributed by atoms with Crippen molar-refractivity contribution in [3.8, 4) is 0 Å². The van der Waals surface area contributed by atoms with E-state index in [4.69, 9.17) is 37.1 Å². The zero-order valence-corrected chi connectivity index (χ0v) is 18.2. The second-order valence-electron chi connectivity index (χ2n) is 6.94. The van der Waals surface area contributed by atoms with E-state index < -0.39 is 5.97 Å². The molecule has 7 nitrogen and oxygen atoms in total. The first-order valence-electron chi connectivity index (χ1n) is 9.75. The first kappa shape index (κ1) is 22.6. The van der Waals surface area contributed by atoms with Crippen LogP contribution >= 0.6 is 23.2 Å². The van der Waals surface area contributed by atoms with Gasteiger partial charge in [0.2, 0.25) is 11.7 Å². The maximum Gasteiger partial charge on any atom is 0.374 e. The summed E-state index contributed by atoms with van der Waals surface area (Å²) in [6, 6.07) is 8.71. The number of nitrogens with one attached hydrogen (secondary N) is 1. The van der Waals surface area contributed by atoms with Gasteiger partial charge in [0.05, 0.1) is 35.8 Å². The van der Waals surface area contributed by atoms with Gasteiger partial charge in [-0.15, -0.1) is 0 Å². The van der Waals surface area contributed by atoms with Gasteiger partial charge in [0.25, 0.3) is 0 Å². The number of carbonyl (C=O) groups excluding carboxylic acids is 2. The highest BCUT2D eigenvalue weighted by molar-refractivity contribution is 6.42. The molecule has 1 aromatic carbocycles. The van der Waals surface area contributed by atoms with E-state index in [-0.39, 0.29) is 30.8 Å². The third-order valence-electron chi connectivity index (χ3n) is 4.61. The van der Waals surface area contributed by atoms with Crippen LogP contribution in [0, 0.1) is 0 Å². The third kappa shape index (κ3) is 6.47. The minimum atomic E-state index is -0.540. The Morgan fingerprint density at radius 1 is 1.23 bits per heavy atom. The highest BCUT2D eigenvalue weighted by Crippen LogP contribution is 2.23. The summed E-state index contributed by atoms with van der Waals surface area (Å²) in [5.41, 5.74) is 1.07. The summed E-state index contributed by atoms with van der Waals surface area (Å²) in [6.45, 7) is 5.17. The van der Waals surface area contributed by atoms with Gasteiger partial charge in [-0.25, -0.2) is 4.79 Å². The fraction of sp³-hybridized carbons (Fsp3) is 0.429. The molecule has 9 heteroatoms. The van der Waals surface area contributed by atoms with Crippen LogP contribution in [0.1, 0.15) is 28.8 Å². The van der Waals surface area contributed by atoms with Gasteiger partial charge in [-0.1, -0.05) is 29.3 Å². The minimum Gasteiger partial charge on any atom is -0.460 e. The fourth-order valence-electron chi connectivity index (χ4n) is 3.18. The molecule has 2 heterocycles. The first-order chi connectivity index (χ1) is 14.4. The second-order valence-corrected chi connectivity index (χ2v) is 7.76. The molecule has 30 heavy (non-hydrogen) atoms. The number of halogens is 2. The van der Waals surface area contributed by atoms with E-state index in [9.17, 15) is 9.59 Å². The van der Waals surface area contributed by atoms with Crippen molar-refractivity contribution in [2.24, 2.45) is 0 Å². The summed E-state index contributed by atoms with van der Waals surface area (Å²) in [7, 11) is 0. The van der Waals surface area contributed by atoms with Gasteiger partial charge >= 0.3 is 5.97 Å². The molecule has 0 unspecified atom stereocenters. The van der Waals surface area contributed by atoms with Crippen molar-refractivity contribution in [1.29, 1.82) is 0 Å². The van der Waals surface area contributed by atoms with Crippen molar-refractivity contribution in [2.45, 2.75) is 26.0 Å². The van der Waals surface area contributed by atoms with Crippen LogP contribution in [0.15, 0.2) is 34.7 Å². The predicted octanol–water partition coefficient (Wildman–Crippen LogP) is 3.32. The average molecular weight is 455 g/mol. The van der Waals surface area contributed by atoms with Crippen LogP contribution in [0.2, 0.25) is 10.0 Å². The second kappa shape index (κ2) is 10.8. The van der Waals surface area contributed by atoms with E-state index >= 15 is 0 Å². The van der Waals surface area contributed by atoms with Crippen LogP contribution in [0.4, 0.5) is 0 Å². The number of rotatable bonds is 8. The summed E-state index contributed by atoms with van der Waals surface area (Å²) in [4.78, 5) is 26.1. The number of carbonyl (C=O) groups is 2. The van der Waals surface area contributed by atoms with Crippen molar-refractivity contribution in [2.75, 3.05) is 32.8 Å². The number of amides is 1. The Hall–Kier alpha value is -2.06. The molecule has 0 aliphatic carbocycles. The lowest BCUT2D eigenvalue weighted by atomic mass is 10.2. The molecule has 1 saturated heterocycles. The van der Waals surface area contributed by atoms with E-state index in [1.54, 1.807) is 19.1 Å². The van der Waals surface area contributed by atoms with Gasteiger partial charge in [0.15, 0.2) is 0 Å². The molecular weight excluding hydrogens is 431 g/mol. The van der Waals surface area contributed by atoms with Crippen LogP contribution < -0.4 is 5.32 Å². The van der Waals surface area contributed by atoms with Crippen LogP contribution in [0.3, 0.4) is 0 Å². The van der Waals surface area contributed by atoms with E-state index in [0.29, 0.717) is 35.5 Å². The lowest BCUT2D eigenvalue weighted by Gasteiger charge is -2.33. The Balaban J connectivity index is 1.44. The number of ether oxygens (including phenoxy) is 2. The Labute approximate surface area is 185 Å². The largest absolute Gasteiger partial charge is 0.460 e. The molecule has 1 aliphatic rings. The lowest BCUT2D eigenvalue weighted by Crippen LogP contribution is -2.47. The summed E-state index contributed by atoms with van der Waals surface area (Å²) in [5, 5.41) is 3.93. The molecule has 1 N–H and O–H groups in total. The van der Waals surface area contributed by atoms with Crippen LogP contribution in [0.5, 0.6) is 0 Å².